The molecule has 0 fully saturated rings. The predicted octanol–water partition coefficient (Wildman–Crippen LogP) is 3.68. The molecule has 1 aliphatic heterocycles. The molecule has 0 spiro atoms. The number of benzene rings is 2. The molecular formula is C23H27N3O3. The maximum Gasteiger partial charge on any atom is 0.243 e. The molecule has 2 aromatic carbocycles. The van der Waals surface area contributed by atoms with E-state index in [0.29, 0.717) is 6.54 Å². The van der Waals surface area contributed by atoms with Crippen molar-refractivity contribution in [3.05, 3.63) is 65.7 Å². The van der Waals surface area contributed by atoms with E-state index in [1.165, 1.54) is 5.01 Å². The molecule has 152 valence electrons. The minimum absolute atomic E-state index is 0.0852. The fourth-order valence-corrected chi connectivity index (χ4v) is 3.34. The van der Waals surface area contributed by atoms with Gasteiger partial charge in [-0.25, -0.2) is 5.01 Å². The highest BCUT2D eigenvalue weighted by molar-refractivity contribution is 6.02. The molecule has 1 aliphatic rings. The number of amides is 2. The lowest BCUT2D eigenvalue weighted by atomic mass is 10.0. The van der Waals surface area contributed by atoms with Gasteiger partial charge in [0, 0.05) is 19.3 Å². The number of nitrogens with one attached hydrogen (secondary N) is 1. The summed E-state index contributed by atoms with van der Waals surface area (Å²) in [5.41, 5.74) is 2.96. The molecule has 29 heavy (non-hydrogen) atoms. The lowest BCUT2D eigenvalue weighted by molar-refractivity contribution is -0.133. The zero-order valence-corrected chi connectivity index (χ0v) is 16.9. The molecule has 1 atom stereocenters. The number of carbonyl (C=O) groups excluding carboxylic acids is 2. The standard InChI is InChI=1S/C23H27N3O3/c1-3-20(18-9-11-19(29-2)12-10-18)24-22(27)13-14-23(28)26-16-15-21(25-26)17-7-5-4-6-8-17/h4-12,20H,3,13-16H2,1-2H3,(H,24,27). The zero-order valence-electron chi connectivity index (χ0n) is 16.9. The van der Waals surface area contributed by atoms with Crippen LogP contribution in [0.4, 0.5) is 0 Å². The van der Waals surface area contributed by atoms with Crippen LogP contribution in [0.15, 0.2) is 59.7 Å². The van der Waals surface area contributed by atoms with Crippen LogP contribution in [0, 0.1) is 0 Å². The van der Waals surface area contributed by atoms with Crippen molar-refractivity contribution in [2.45, 2.75) is 38.6 Å². The highest BCUT2D eigenvalue weighted by Gasteiger charge is 2.22. The Morgan fingerprint density at radius 1 is 1.10 bits per heavy atom. The smallest absolute Gasteiger partial charge is 0.243 e. The van der Waals surface area contributed by atoms with Crippen molar-refractivity contribution < 1.29 is 14.3 Å². The van der Waals surface area contributed by atoms with E-state index in [1.54, 1.807) is 7.11 Å². The van der Waals surface area contributed by atoms with E-state index in [0.717, 1.165) is 35.4 Å². The lowest BCUT2D eigenvalue weighted by Crippen LogP contribution is -2.30. The summed E-state index contributed by atoms with van der Waals surface area (Å²) in [4.78, 5) is 24.8. The normalized spacial score (nSPS) is 14.3. The quantitative estimate of drug-likeness (QED) is 0.744. The maximum absolute atomic E-state index is 12.4. The van der Waals surface area contributed by atoms with Crippen molar-refractivity contribution in [1.82, 2.24) is 10.3 Å². The van der Waals surface area contributed by atoms with E-state index in [4.69, 9.17) is 4.74 Å². The minimum atomic E-state index is -0.132. The molecule has 0 aliphatic carbocycles. The van der Waals surface area contributed by atoms with Crippen LogP contribution in [0.5, 0.6) is 5.75 Å². The van der Waals surface area contributed by atoms with E-state index < -0.39 is 0 Å². The van der Waals surface area contributed by atoms with Crippen LogP contribution in [0.25, 0.3) is 0 Å². The van der Waals surface area contributed by atoms with Crippen LogP contribution in [0.1, 0.15) is 49.8 Å². The zero-order chi connectivity index (χ0) is 20.6. The summed E-state index contributed by atoms with van der Waals surface area (Å²) in [7, 11) is 1.62. The Morgan fingerprint density at radius 3 is 2.48 bits per heavy atom. The van der Waals surface area contributed by atoms with Gasteiger partial charge in [0.25, 0.3) is 0 Å². The van der Waals surface area contributed by atoms with Crippen LogP contribution in [-0.4, -0.2) is 36.2 Å². The fraction of sp³-hybridized carbons (Fsp3) is 0.348. The number of hydrogen-bond donors (Lipinski definition) is 1. The average molecular weight is 393 g/mol. The summed E-state index contributed by atoms with van der Waals surface area (Å²) >= 11 is 0. The Labute approximate surface area is 171 Å². The maximum atomic E-state index is 12.4. The molecule has 2 amide bonds. The van der Waals surface area contributed by atoms with Crippen molar-refractivity contribution in [3.63, 3.8) is 0 Å². The Morgan fingerprint density at radius 2 is 1.83 bits per heavy atom. The highest BCUT2D eigenvalue weighted by atomic mass is 16.5. The number of rotatable bonds is 8. The second-order valence-electron chi connectivity index (χ2n) is 6.98. The SMILES string of the molecule is CCC(NC(=O)CCC(=O)N1CCC(c2ccccc2)=N1)c1ccc(OC)cc1. The summed E-state index contributed by atoms with van der Waals surface area (Å²) < 4.78 is 5.17. The molecule has 0 saturated carbocycles. The summed E-state index contributed by atoms with van der Waals surface area (Å²) in [6.45, 7) is 2.58. The van der Waals surface area contributed by atoms with Crippen molar-refractivity contribution in [2.24, 2.45) is 5.10 Å². The van der Waals surface area contributed by atoms with Crippen molar-refractivity contribution in [1.29, 1.82) is 0 Å². The van der Waals surface area contributed by atoms with Crippen molar-refractivity contribution in [2.75, 3.05) is 13.7 Å². The van der Waals surface area contributed by atoms with Gasteiger partial charge < -0.3 is 10.1 Å². The van der Waals surface area contributed by atoms with Crippen molar-refractivity contribution in [3.8, 4) is 5.75 Å². The Hall–Kier alpha value is -3.15. The molecule has 1 heterocycles. The van der Waals surface area contributed by atoms with Crippen LogP contribution in [-0.2, 0) is 9.59 Å². The average Bonchev–Trinajstić information content (AvgIpc) is 3.27. The van der Waals surface area contributed by atoms with Crippen LogP contribution in [0.3, 0.4) is 0 Å². The molecule has 0 radical (unpaired) electrons. The molecule has 1 N–H and O–H groups in total. The first-order valence-corrected chi connectivity index (χ1v) is 9.97. The fourth-order valence-electron chi connectivity index (χ4n) is 3.34. The second-order valence-corrected chi connectivity index (χ2v) is 6.98. The molecule has 0 saturated heterocycles. The lowest BCUT2D eigenvalue weighted by Gasteiger charge is -2.18. The van der Waals surface area contributed by atoms with Crippen LogP contribution >= 0.6 is 0 Å². The van der Waals surface area contributed by atoms with Gasteiger partial charge in [-0.2, -0.15) is 5.10 Å². The van der Waals surface area contributed by atoms with Gasteiger partial charge in [-0.05, 0) is 29.7 Å². The van der Waals surface area contributed by atoms with Gasteiger partial charge in [0.15, 0.2) is 0 Å². The number of carbonyl (C=O) groups is 2. The van der Waals surface area contributed by atoms with E-state index in [-0.39, 0.29) is 30.7 Å². The molecule has 6 nitrogen and oxygen atoms in total. The largest absolute Gasteiger partial charge is 0.497 e. The molecule has 6 heteroatoms. The third-order valence-electron chi connectivity index (χ3n) is 5.02. The molecule has 0 bridgehead atoms. The highest BCUT2D eigenvalue weighted by Crippen LogP contribution is 2.20. The van der Waals surface area contributed by atoms with Gasteiger partial charge in [-0.1, -0.05) is 49.4 Å². The summed E-state index contributed by atoms with van der Waals surface area (Å²) in [6.07, 6.45) is 1.80. The van der Waals surface area contributed by atoms with E-state index >= 15 is 0 Å². The van der Waals surface area contributed by atoms with Crippen LogP contribution in [0.2, 0.25) is 0 Å². The number of ether oxygens (including phenoxy) is 1. The van der Waals surface area contributed by atoms with Gasteiger partial charge in [0.1, 0.15) is 5.75 Å². The Balaban J connectivity index is 1.50. The molecule has 2 aromatic rings. The van der Waals surface area contributed by atoms with E-state index in [9.17, 15) is 9.59 Å². The van der Waals surface area contributed by atoms with Gasteiger partial charge >= 0.3 is 0 Å². The van der Waals surface area contributed by atoms with Gasteiger partial charge in [0.05, 0.1) is 25.4 Å². The van der Waals surface area contributed by atoms with Gasteiger partial charge in [-0.15, -0.1) is 0 Å². The second kappa shape index (κ2) is 9.87. The number of methoxy groups -OCH3 is 1. The first kappa shape index (κ1) is 20.6. The summed E-state index contributed by atoms with van der Waals surface area (Å²) in [5.74, 6) is 0.526. The Bertz CT molecular complexity index is 863. The van der Waals surface area contributed by atoms with E-state index in [2.05, 4.69) is 10.4 Å². The summed E-state index contributed by atoms with van der Waals surface area (Å²) in [5, 5.41) is 8.93. The molecule has 3 rings (SSSR count). The van der Waals surface area contributed by atoms with Crippen LogP contribution < -0.4 is 10.1 Å². The number of hydrazone groups is 1. The van der Waals surface area contributed by atoms with Gasteiger partial charge in [0.2, 0.25) is 11.8 Å². The number of hydrogen-bond acceptors (Lipinski definition) is 4. The minimum Gasteiger partial charge on any atom is -0.497 e. The van der Waals surface area contributed by atoms with Crippen molar-refractivity contribution >= 4 is 17.5 Å². The van der Waals surface area contributed by atoms with Gasteiger partial charge in [-0.3, -0.25) is 9.59 Å². The third-order valence-corrected chi connectivity index (χ3v) is 5.02. The van der Waals surface area contributed by atoms with E-state index in [1.807, 2.05) is 61.5 Å². The topological polar surface area (TPSA) is 71.0 Å². The predicted molar refractivity (Wildman–Crippen MR) is 113 cm³/mol. The first-order chi connectivity index (χ1) is 14.1. The molecule has 0 aromatic heterocycles. The first-order valence-electron chi connectivity index (χ1n) is 9.97. The monoisotopic (exact) mass is 393 g/mol. The molecular weight excluding hydrogens is 366 g/mol. The molecule has 1 unspecified atom stereocenters. The summed E-state index contributed by atoms with van der Waals surface area (Å²) in [6, 6.07) is 17.4. The Kier molecular flexibility index (Phi) is 7.00. The number of nitrogens with zero attached hydrogens (tertiary/aromatic N) is 2. The third kappa shape index (κ3) is 5.44.